The smallest absolute Gasteiger partial charge is 0.324 e. The van der Waals surface area contributed by atoms with Crippen LogP contribution in [0.2, 0.25) is 0 Å². The third-order valence-corrected chi connectivity index (χ3v) is 12.5. The Morgan fingerprint density at radius 2 is 1.82 bits per heavy atom. The highest BCUT2D eigenvalue weighted by atomic mass is 16.5. The molecule has 0 aliphatic carbocycles. The monoisotopic (exact) mass is 817 g/mol. The first-order valence-electron chi connectivity index (χ1n) is 21.9. The number of nitrogens with one attached hydrogen (secondary N) is 3. The predicted octanol–water partition coefficient (Wildman–Crippen LogP) is 6.25. The topological polar surface area (TPSA) is 138 Å². The second kappa shape index (κ2) is 17.9. The number of pyridine rings is 1. The standard InChI is InChI=1S/C48H63N7O5/c1-9-54-40-18-17-33-25-36(40)37(43(54)35-15-11-20-50-41(35)29(2)3)26-48(6,7)28-60-47(59)38-16-12-22-55(52-38)46(58)39(24-31-13-10-14-32(33)23-31)51-44(56)42(30(4)5)53(8)45(57)34-19-21-49-27-34/h10-11,13-15,17-18,20,23,25,29-30,34,38-39,42,49,52H,9,12,16,19,21-22,24,26-28H2,1-8H3,(H,51,56)/t34-,38-,39-,42-/m0/s1. The maximum Gasteiger partial charge on any atom is 0.324 e. The van der Waals surface area contributed by atoms with Crippen LogP contribution in [0.3, 0.4) is 0 Å². The molecule has 6 bridgehead atoms. The highest BCUT2D eigenvalue weighted by Crippen LogP contribution is 2.42. The van der Waals surface area contributed by atoms with Crippen LogP contribution < -0.4 is 16.1 Å². The number of rotatable bonds is 8. The zero-order valence-electron chi connectivity index (χ0n) is 36.6. The van der Waals surface area contributed by atoms with Gasteiger partial charge in [-0.05, 0) is 97.5 Å². The second-order valence-corrected chi connectivity index (χ2v) is 18.5. The van der Waals surface area contributed by atoms with E-state index in [1.54, 1.807) is 11.9 Å². The summed E-state index contributed by atoms with van der Waals surface area (Å²) in [4.78, 5) is 62.7. The lowest BCUT2D eigenvalue weighted by molar-refractivity contribution is -0.155. The van der Waals surface area contributed by atoms with Gasteiger partial charge in [-0.15, -0.1) is 0 Å². The fraction of sp³-hybridized carbons (Fsp3) is 0.521. The highest BCUT2D eigenvalue weighted by Gasteiger charge is 2.39. The van der Waals surface area contributed by atoms with Crippen LogP contribution in [-0.2, 0) is 43.3 Å². The molecule has 320 valence electrons. The van der Waals surface area contributed by atoms with Crippen LogP contribution in [-0.4, -0.2) is 94.6 Å². The van der Waals surface area contributed by atoms with E-state index in [-0.39, 0.29) is 48.5 Å². The Balaban J connectivity index is 1.32. The summed E-state index contributed by atoms with van der Waals surface area (Å²) in [5.74, 6) is -1.42. The number of benzene rings is 2. The van der Waals surface area contributed by atoms with Crippen LogP contribution in [0.15, 0.2) is 60.8 Å². The molecule has 2 fully saturated rings. The van der Waals surface area contributed by atoms with Gasteiger partial charge < -0.3 is 24.8 Å². The molecule has 0 spiro atoms. The number of aromatic nitrogens is 2. The lowest BCUT2D eigenvalue weighted by atomic mass is 9.83. The number of esters is 1. The Labute approximate surface area is 354 Å². The fourth-order valence-electron chi connectivity index (χ4n) is 9.48. The first kappa shape index (κ1) is 43.0. The third-order valence-electron chi connectivity index (χ3n) is 12.5. The Kier molecular flexibility index (Phi) is 12.8. The largest absolute Gasteiger partial charge is 0.464 e. The van der Waals surface area contributed by atoms with Gasteiger partial charge in [0, 0.05) is 61.2 Å². The zero-order valence-corrected chi connectivity index (χ0v) is 36.6. The molecule has 0 radical (unpaired) electrons. The fourth-order valence-corrected chi connectivity index (χ4v) is 9.48. The van der Waals surface area contributed by atoms with Crippen molar-refractivity contribution in [2.75, 3.05) is 33.3 Å². The molecule has 4 atom stereocenters. The molecule has 12 nitrogen and oxygen atoms in total. The van der Waals surface area contributed by atoms with E-state index in [0.717, 1.165) is 64.1 Å². The molecular weight excluding hydrogens is 755 g/mol. The van der Waals surface area contributed by atoms with Crippen molar-refractivity contribution in [3.63, 3.8) is 0 Å². The summed E-state index contributed by atoms with van der Waals surface area (Å²) >= 11 is 0. The summed E-state index contributed by atoms with van der Waals surface area (Å²) in [6.07, 6.45) is 4.53. The second-order valence-electron chi connectivity index (χ2n) is 18.5. The molecule has 0 saturated carbocycles. The zero-order chi connectivity index (χ0) is 42.9. The van der Waals surface area contributed by atoms with Crippen LogP contribution in [0.1, 0.15) is 90.5 Å². The van der Waals surface area contributed by atoms with Crippen molar-refractivity contribution in [3.8, 4) is 22.4 Å². The molecule has 2 aromatic heterocycles. The van der Waals surface area contributed by atoms with E-state index in [9.17, 15) is 19.2 Å². The maximum absolute atomic E-state index is 14.6. The Morgan fingerprint density at radius 3 is 2.53 bits per heavy atom. The number of carbonyl (C=O) groups excluding carboxylic acids is 4. The number of nitrogens with zero attached hydrogens (tertiary/aromatic N) is 4. The maximum atomic E-state index is 14.6. The van der Waals surface area contributed by atoms with Gasteiger partial charge in [0.2, 0.25) is 11.8 Å². The molecule has 3 aliphatic heterocycles. The molecule has 5 heterocycles. The number of likely N-dealkylation sites (N-methyl/N-ethyl adjacent to an activating group) is 1. The van der Waals surface area contributed by atoms with Gasteiger partial charge in [-0.3, -0.25) is 29.2 Å². The summed E-state index contributed by atoms with van der Waals surface area (Å²) < 4.78 is 8.51. The molecule has 0 unspecified atom stereocenters. The average Bonchev–Trinajstić information content (AvgIpc) is 3.88. The summed E-state index contributed by atoms with van der Waals surface area (Å²) in [6, 6.07) is 16.5. The van der Waals surface area contributed by atoms with Crippen molar-refractivity contribution >= 4 is 34.6 Å². The molecule has 2 saturated heterocycles. The molecule has 60 heavy (non-hydrogen) atoms. The molecule has 3 aliphatic rings. The van der Waals surface area contributed by atoms with Crippen LogP contribution >= 0.6 is 0 Å². The quantitative estimate of drug-likeness (QED) is 0.178. The van der Waals surface area contributed by atoms with Gasteiger partial charge in [0.1, 0.15) is 18.1 Å². The number of ether oxygens (including phenoxy) is 1. The van der Waals surface area contributed by atoms with E-state index in [0.29, 0.717) is 32.4 Å². The Bertz CT molecular complexity index is 2240. The number of aryl methyl sites for hydroxylation is 1. The van der Waals surface area contributed by atoms with Crippen molar-refractivity contribution in [3.05, 3.63) is 77.6 Å². The summed E-state index contributed by atoms with van der Waals surface area (Å²) in [6.45, 7) is 17.3. The van der Waals surface area contributed by atoms with Crippen molar-refractivity contribution in [2.45, 2.75) is 111 Å². The van der Waals surface area contributed by atoms with E-state index in [1.165, 1.54) is 10.6 Å². The Morgan fingerprint density at radius 1 is 1.03 bits per heavy atom. The summed E-state index contributed by atoms with van der Waals surface area (Å²) in [7, 11) is 1.68. The molecular formula is C48H63N7O5. The van der Waals surface area contributed by atoms with Crippen molar-refractivity contribution in [2.24, 2.45) is 17.3 Å². The van der Waals surface area contributed by atoms with Gasteiger partial charge in [0.25, 0.3) is 5.91 Å². The minimum absolute atomic E-state index is 0.0814. The number of hydrogen-bond acceptors (Lipinski definition) is 8. The van der Waals surface area contributed by atoms with Crippen LogP contribution in [0.25, 0.3) is 33.3 Å². The van der Waals surface area contributed by atoms with Gasteiger partial charge >= 0.3 is 5.97 Å². The van der Waals surface area contributed by atoms with Crippen molar-refractivity contribution < 1.29 is 23.9 Å². The van der Waals surface area contributed by atoms with Gasteiger partial charge in [0.05, 0.1) is 23.9 Å². The average molecular weight is 818 g/mol. The molecule has 2 aromatic carbocycles. The minimum Gasteiger partial charge on any atom is -0.464 e. The minimum atomic E-state index is -0.976. The number of carbonyl (C=O) groups is 4. The van der Waals surface area contributed by atoms with Crippen molar-refractivity contribution in [1.82, 2.24) is 35.5 Å². The lowest BCUT2D eigenvalue weighted by Gasteiger charge is -2.37. The molecule has 4 aromatic rings. The lowest BCUT2D eigenvalue weighted by Crippen LogP contribution is -2.62. The third kappa shape index (κ3) is 8.86. The van der Waals surface area contributed by atoms with Crippen molar-refractivity contribution in [1.29, 1.82) is 0 Å². The van der Waals surface area contributed by atoms with Crippen LogP contribution in [0.5, 0.6) is 0 Å². The number of hydrogen-bond donors (Lipinski definition) is 3. The first-order chi connectivity index (χ1) is 28.7. The van der Waals surface area contributed by atoms with Gasteiger partial charge in [-0.2, -0.15) is 0 Å². The molecule has 12 heteroatoms. The highest BCUT2D eigenvalue weighted by molar-refractivity contribution is 5.96. The van der Waals surface area contributed by atoms with Gasteiger partial charge in [-0.25, -0.2) is 5.43 Å². The van der Waals surface area contributed by atoms with E-state index in [1.807, 2.05) is 38.2 Å². The first-order valence-corrected chi connectivity index (χ1v) is 21.9. The SMILES string of the molecule is CCn1c(-c2cccnc2C(C)C)c2c3cc(ccc31)-c1cccc(c1)C[C@H](NC(=O)[C@H](C(C)C)N(C)C(=O)[C@H]1CCNC1)C(=O)N1CCC[C@H](N1)C(=O)OCC(C)(C)C2. The summed E-state index contributed by atoms with van der Waals surface area (Å²) in [5.41, 5.74) is 11.2. The van der Waals surface area contributed by atoms with E-state index in [2.05, 4.69) is 91.6 Å². The predicted molar refractivity (Wildman–Crippen MR) is 235 cm³/mol. The van der Waals surface area contributed by atoms with Crippen LogP contribution in [0, 0.1) is 17.3 Å². The molecule has 7 rings (SSSR count). The number of amides is 3. The van der Waals surface area contributed by atoms with Gasteiger partial charge in [-0.1, -0.05) is 71.9 Å². The van der Waals surface area contributed by atoms with Gasteiger partial charge in [0.15, 0.2) is 0 Å². The molecule has 3 amide bonds. The van der Waals surface area contributed by atoms with E-state index < -0.39 is 29.5 Å². The Hall–Kier alpha value is -5.07. The summed E-state index contributed by atoms with van der Waals surface area (Å²) in [5, 5.41) is 8.94. The van der Waals surface area contributed by atoms with E-state index in [4.69, 9.17) is 9.72 Å². The normalized spacial score (nSPS) is 21.5. The van der Waals surface area contributed by atoms with Crippen LogP contribution in [0.4, 0.5) is 0 Å². The number of hydrazine groups is 1. The number of cyclic esters (lactones) is 1. The molecule has 3 N–H and O–H groups in total. The van der Waals surface area contributed by atoms with E-state index >= 15 is 0 Å². The number of fused-ring (bicyclic) bond motifs is 6.